The summed E-state index contributed by atoms with van der Waals surface area (Å²) in [6.45, 7) is 0. The summed E-state index contributed by atoms with van der Waals surface area (Å²) in [4.78, 5) is 11.0. The molecule has 0 atom stereocenters. The van der Waals surface area contributed by atoms with Crippen molar-refractivity contribution < 1.29 is 14.6 Å². The number of methoxy groups -OCH3 is 1. The van der Waals surface area contributed by atoms with E-state index in [1.165, 1.54) is 13.2 Å². The zero-order valence-corrected chi connectivity index (χ0v) is 10.4. The fourth-order valence-corrected chi connectivity index (χ4v) is 2.05. The Bertz CT molecular complexity index is 579. The Balaban J connectivity index is 2.67. The van der Waals surface area contributed by atoms with E-state index in [1.807, 2.05) is 30.3 Å². The molecular weight excluding hydrogens is 252 g/mol. The van der Waals surface area contributed by atoms with Gasteiger partial charge in [-0.1, -0.05) is 41.9 Å². The Hall–Kier alpha value is -2.00. The van der Waals surface area contributed by atoms with Crippen molar-refractivity contribution >= 4 is 17.6 Å². The molecule has 0 aliphatic carbocycles. The molecule has 0 bridgehead atoms. The number of hydrogen-bond donors (Lipinski definition) is 1. The van der Waals surface area contributed by atoms with E-state index in [1.54, 1.807) is 6.07 Å². The van der Waals surface area contributed by atoms with Crippen LogP contribution in [0.4, 0.5) is 0 Å². The third-order valence-corrected chi connectivity index (χ3v) is 2.86. The van der Waals surface area contributed by atoms with Crippen molar-refractivity contribution in [2.45, 2.75) is 0 Å². The molecule has 0 aromatic heterocycles. The number of carboxylic acids is 1. The SMILES string of the molecule is COc1c(Cl)cc(C(=O)O)cc1-c1ccccc1. The van der Waals surface area contributed by atoms with E-state index in [2.05, 4.69) is 0 Å². The third kappa shape index (κ3) is 2.31. The number of aromatic carboxylic acids is 1. The zero-order chi connectivity index (χ0) is 13.1. The van der Waals surface area contributed by atoms with Gasteiger partial charge in [-0.25, -0.2) is 4.79 Å². The normalized spacial score (nSPS) is 10.1. The van der Waals surface area contributed by atoms with Gasteiger partial charge in [0.2, 0.25) is 0 Å². The van der Waals surface area contributed by atoms with Gasteiger partial charge in [-0.3, -0.25) is 0 Å². The third-order valence-electron chi connectivity index (χ3n) is 2.58. The Morgan fingerprint density at radius 2 is 1.89 bits per heavy atom. The van der Waals surface area contributed by atoms with Crippen LogP contribution >= 0.6 is 11.6 Å². The van der Waals surface area contributed by atoms with Crippen molar-refractivity contribution in [3.63, 3.8) is 0 Å². The quantitative estimate of drug-likeness (QED) is 0.917. The lowest BCUT2D eigenvalue weighted by atomic mass is 10.0. The van der Waals surface area contributed by atoms with Crippen molar-refractivity contribution in [1.82, 2.24) is 0 Å². The topological polar surface area (TPSA) is 46.5 Å². The van der Waals surface area contributed by atoms with E-state index < -0.39 is 5.97 Å². The summed E-state index contributed by atoms with van der Waals surface area (Å²) in [5.41, 5.74) is 1.67. The molecule has 0 aliphatic rings. The number of ether oxygens (including phenoxy) is 1. The highest BCUT2D eigenvalue weighted by Gasteiger charge is 2.14. The second-order valence-corrected chi connectivity index (χ2v) is 4.12. The fourth-order valence-electron chi connectivity index (χ4n) is 1.76. The van der Waals surface area contributed by atoms with Crippen molar-refractivity contribution in [1.29, 1.82) is 0 Å². The van der Waals surface area contributed by atoms with Gasteiger partial charge in [-0.15, -0.1) is 0 Å². The first-order valence-corrected chi connectivity index (χ1v) is 5.67. The minimum atomic E-state index is -1.02. The number of hydrogen-bond acceptors (Lipinski definition) is 2. The summed E-state index contributed by atoms with van der Waals surface area (Å²) >= 11 is 6.04. The standard InChI is InChI=1S/C14H11ClO3/c1-18-13-11(9-5-3-2-4-6-9)7-10(14(16)17)8-12(13)15/h2-8H,1H3,(H,16,17). The van der Waals surface area contributed by atoms with Crippen LogP contribution in [0.3, 0.4) is 0 Å². The van der Waals surface area contributed by atoms with Gasteiger partial charge in [0.1, 0.15) is 5.75 Å². The van der Waals surface area contributed by atoms with Crippen LogP contribution in [0.15, 0.2) is 42.5 Å². The minimum Gasteiger partial charge on any atom is -0.495 e. The van der Waals surface area contributed by atoms with Crippen LogP contribution in [0.1, 0.15) is 10.4 Å². The Morgan fingerprint density at radius 3 is 2.44 bits per heavy atom. The highest BCUT2D eigenvalue weighted by molar-refractivity contribution is 6.33. The summed E-state index contributed by atoms with van der Waals surface area (Å²) in [6.07, 6.45) is 0. The molecule has 2 aromatic rings. The Labute approximate surface area is 110 Å². The van der Waals surface area contributed by atoms with E-state index in [-0.39, 0.29) is 10.6 Å². The van der Waals surface area contributed by atoms with Gasteiger partial charge in [-0.2, -0.15) is 0 Å². The Kier molecular flexibility index (Phi) is 3.53. The predicted molar refractivity (Wildman–Crippen MR) is 70.4 cm³/mol. The molecule has 2 aromatic carbocycles. The van der Waals surface area contributed by atoms with E-state index >= 15 is 0 Å². The summed E-state index contributed by atoms with van der Waals surface area (Å²) in [5, 5.41) is 9.33. The van der Waals surface area contributed by atoms with Gasteiger partial charge < -0.3 is 9.84 Å². The first-order chi connectivity index (χ1) is 8.63. The number of carbonyl (C=O) groups is 1. The fraction of sp³-hybridized carbons (Fsp3) is 0.0714. The molecule has 0 heterocycles. The van der Waals surface area contributed by atoms with Gasteiger partial charge in [-0.05, 0) is 17.7 Å². The van der Waals surface area contributed by atoms with Crippen LogP contribution in [0.2, 0.25) is 5.02 Å². The molecule has 92 valence electrons. The maximum atomic E-state index is 11.0. The largest absolute Gasteiger partial charge is 0.495 e. The predicted octanol–water partition coefficient (Wildman–Crippen LogP) is 3.71. The van der Waals surface area contributed by atoms with Crippen LogP contribution in [-0.2, 0) is 0 Å². The average molecular weight is 263 g/mol. The lowest BCUT2D eigenvalue weighted by Crippen LogP contribution is -1.99. The molecule has 0 aliphatic heterocycles. The monoisotopic (exact) mass is 262 g/mol. The molecule has 0 saturated carbocycles. The summed E-state index contributed by atoms with van der Waals surface area (Å²) in [5.74, 6) is -0.537. The average Bonchev–Trinajstić information content (AvgIpc) is 2.38. The smallest absolute Gasteiger partial charge is 0.335 e. The summed E-state index contributed by atoms with van der Waals surface area (Å²) < 4.78 is 5.24. The Morgan fingerprint density at radius 1 is 1.22 bits per heavy atom. The van der Waals surface area contributed by atoms with E-state index in [4.69, 9.17) is 21.4 Å². The van der Waals surface area contributed by atoms with Crippen molar-refractivity contribution in [3.05, 3.63) is 53.1 Å². The second kappa shape index (κ2) is 5.10. The highest BCUT2D eigenvalue weighted by Crippen LogP contribution is 2.37. The van der Waals surface area contributed by atoms with Crippen molar-refractivity contribution in [3.8, 4) is 16.9 Å². The van der Waals surface area contributed by atoms with Crippen LogP contribution in [0.5, 0.6) is 5.75 Å². The van der Waals surface area contributed by atoms with Gasteiger partial charge in [0.15, 0.2) is 0 Å². The first kappa shape index (κ1) is 12.5. The molecule has 1 N–H and O–H groups in total. The van der Waals surface area contributed by atoms with Gasteiger partial charge in [0.05, 0.1) is 17.7 Å². The van der Waals surface area contributed by atoms with Crippen LogP contribution in [-0.4, -0.2) is 18.2 Å². The van der Waals surface area contributed by atoms with Crippen LogP contribution in [0, 0.1) is 0 Å². The molecular formula is C14H11ClO3. The maximum absolute atomic E-state index is 11.0. The molecule has 2 rings (SSSR count). The zero-order valence-electron chi connectivity index (χ0n) is 9.68. The molecule has 0 spiro atoms. The lowest BCUT2D eigenvalue weighted by molar-refractivity contribution is 0.0697. The molecule has 18 heavy (non-hydrogen) atoms. The molecule has 0 unspecified atom stereocenters. The number of carboxylic acid groups (broad SMARTS) is 1. The summed E-state index contributed by atoms with van der Waals surface area (Å²) in [7, 11) is 1.51. The van der Waals surface area contributed by atoms with Crippen LogP contribution < -0.4 is 4.74 Å². The maximum Gasteiger partial charge on any atom is 0.335 e. The highest BCUT2D eigenvalue weighted by atomic mass is 35.5. The van der Waals surface area contributed by atoms with Crippen molar-refractivity contribution in [2.24, 2.45) is 0 Å². The first-order valence-electron chi connectivity index (χ1n) is 5.29. The number of halogens is 1. The second-order valence-electron chi connectivity index (χ2n) is 3.71. The molecule has 0 radical (unpaired) electrons. The molecule has 0 amide bonds. The minimum absolute atomic E-state index is 0.139. The van der Waals surface area contributed by atoms with Gasteiger partial charge >= 0.3 is 5.97 Å². The number of rotatable bonds is 3. The molecule has 0 saturated heterocycles. The number of benzene rings is 2. The van der Waals surface area contributed by atoms with E-state index in [9.17, 15) is 4.79 Å². The van der Waals surface area contributed by atoms with E-state index in [0.29, 0.717) is 11.3 Å². The molecule has 3 nitrogen and oxygen atoms in total. The lowest BCUT2D eigenvalue weighted by Gasteiger charge is -2.11. The van der Waals surface area contributed by atoms with Crippen LogP contribution in [0.25, 0.3) is 11.1 Å². The molecule has 4 heteroatoms. The van der Waals surface area contributed by atoms with E-state index in [0.717, 1.165) is 5.56 Å². The van der Waals surface area contributed by atoms with Crippen molar-refractivity contribution in [2.75, 3.05) is 7.11 Å². The van der Waals surface area contributed by atoms with Gasteiger partial charge in [0, 0.05) is 5.56 Å². The summed E-state index contributed by atoms with van der Waals surface area (Å²) in [6, 6.07) is 12.3. The van der Waals surface area contributed by atoms with Gasteiger partial charge in [0.25, 0.3) is 0 Å². The molecule has 0 fully saturated rings.